The Kier molecular flexibility index (Phi) is 2.65. The molecule has 0 spiro atoms. The van der Waals surface area contributed by atoms with E-state index < -0.39 is 0 Å². The largest absolute Gasteiger partial charge is 0.399 e. The molecule has 0 saturated heterocycles. The molecule has 0 atom stereocenters. The number of hydrogen-bond donors (Lipinski definition) is 1. The third-order valence-corrected chi connectivity index (χ3v) is 2.23. The fourth-order valence-electron chi connectivity index (χ4n) is 1.51. The monoisotopic (exact) mass is 191 g/mol. The standard InChI is InChI=1S/C12H17NO/c1-8(14)10-7-9(13)5-6-11(10)12(2,3)4/h5-7H,13H2,1-4H3. The minimum atomic E-state index is -0.0191. The van der Waals surface area contributed by atoms with Crippen LogP contribution in [0.15, 0.2) is 18.2 Å². The van der Waals surface area contributed by atoms with Crippen LogP contribution < -0.4 is 5.73 Å². The number of nitrogens with two attached hydrogens (primary N) is 1. The first-order chi connectivity index (χ1) is 6.32. The van der Waals surface area contributed by atoms with Crippen LogP contribution in [0.4, 0.5) is 5.69 Å². The number of anilines is 1. The van der Waals surface area contributed by atoms with E-state index in [4.69, 9.17) is 5.73 Å². The highest BCUT2D eigenvalue weighted by atomic mass is 16.1. The second-order valence-electron chi connectivity index (χ2n) is 4.61. The molecule has 1 aromatic carbocycles. The van der Waals surface area contributed by atoms with Gasteiger partial charge in [-0.05, 0) is 30.0 Å². The van der Waals surface area contributed by atoms with Gasteiger partial charge in [0.15, 0.2) is 5.78 Å². The number of carbonyl (C=O) groups is 1. The number of carbonyl (C=O) groups excluding carboxylic acids is 1. The molecular weight excluding hydrogens is 174 g/mol. The molecule has 0 aromatic heterocycles. The van der Waals surface area contributed by atoms with Crippen LogP contribution in [0, 0.1) is 0 Å². The molecule has 2 nitrogen and oxygen atoms in total. The summed E-state index contributed by atoms with van der Waals surface area (Å²) in [6, 6.07) is 5.53. The van der Waals surface area contributed by atoms with Gasteiger partial charge in [-0.3, -0.25) is 4.79 Å². The molecule has 0 fully saturated rings. The van der Waals surface area contributed by atoms with Gasteiger partial charge < -0.3 is 5.73 Å². The first-order valence-electron chi connectivity index (χ1n) is 4.73. The molecule has 0 heterocycles. The Morgan fingerprint density at radius 2 is 1.86 bits per heavy atom. The lowest BCUT2D eigenvalue weighted by Gasteiger charge is -2.22. The van der Waals surface area contributed by atoms with Gasteiger partial charge in [-0.1, -0.05) is 26.8 Å². The molecule has 1 aromatic rings. The zero-order valence-corrected chi connectivity index (χ0v) is 9.22. The Bertz CT molecular complexity index is 361. The summed E-state index contributed by atoms with van der Waals surface area (Å²) in [6.45, 7) is 7.84. The van der Waals surface area contributed by atoms with Crippen LogP contribution in [0.1, 0.15) is 43.6 Å². The van der Waals surface area contributed by atoms with E-state index >= 15 is 0 Å². The lowest BCUT2D eigenvalue weighted by Crippen LogP contribution is -2.16. The van der Waals surface area contributed by atoms with Gasteiger partial charge in [0, 0.05) is 11.3 Å². The van der Waals surface area contributed by atoms with Crippen molar-refractivity contribution in [2.24, 2.45) is 0 Å². The molecule has 0 radical (unpaired) electrons. The number of rotatable bonds is 1. The average molecular weight is 191 g/mol. The number of nitrogen functional groups attached to an aromatic ring is 1. The SMILES string of the molecule is CC(=O)c1cc(N)ccc1C(C)(C)C. The van der Waals surface area contributed by atoms with Gasteiger partial charge in [0.25, 0.3) is 0 Å². The lowest BCUT2D eigenvalue weighted by molar-refractivity contribution is 0.101. The summed E-state index contributed by atoms with van der Waals surface area (Å²) < 4.78 is 0. The van der Waals surface area contributed by atoms with Crippen molar-refractivity contribution < 1.29 is 4.79 Å². The van der Waals surface area contributed by atoms with Crippen LogP contribution in [0.3, 0.4) is 0 Å². The summed E-state index contributed by atoms with van der Waals surface area (Å²) in [5.41, 5.74) is 8.07. The molecule has 0 aliphatic heterocycles. The summed E-state index contributed by atoms with van der Waals surface area (Å²) >= 11 is 0. The molecule has 0 unspecified atom stereocenters. The number of Topliss-reactive ketones (excluding diaryl/α,β-unsaturated/α-hetero) is 1. The topological polar surface area (TPSA) is 43.1 Å². The third-order valence-electron chi connectivity index (χ3n) is 2.23. The smallest absolute Gasteiger partial charge is 0.160 e. The van der Waals surface area contributed by atoms with Gasteiger partial charge >= 0.3 is 0 Å². The molecule has 76 valence electrons. The highest BCUT2D eigenvalue weighted by molar-refractivity contribution is 5.96. The summed E-state index contributed by atoms with van der Waals surface area (Å²) in [7, 11) is 0. The highest BCUT2D eigenvalue weighted by Crippen LogP contribution is 2.27. The molecule has 2 N–H and O–H groups in total. The average Bonchev–Trinajstić information content (AvgIpc) is 2.01. The quantitative estimate of drug-likeness (QED) is 0.548. The Hall–Kier alpha value is -1.31. The van der Waals surface area contributed by atoms with Crippen LogP contribution in [-0.2, 0) is 5.41 Å². The van der Waals surface area contributed by atoms with Gasteiger partial charge in [0.05, 0.1) is 0 Å². The molecule has 0 saturated carbocycles. The molecule has 2 heteroatoms. The maximum atomic E-state index is 11.4. The second kappa shape index (κ2) is 3.45. The van der Waals surface area contributed by atoms with Crippen LogP contribution in [0.5, 0.6) is 0 Å². The molecule has 1 rings (SSSR count). The molecule has 0 aliphatic carbocycles. The fourth-order valence-corrected chi connectivity index (χ4v) is 1.51. The van der Waals surface area contributed by atoms with Gasteiger partial charge in [0.1, 0.15) is 0 Å². The van der Waals surface area contributed by atoms with Crippen LogP contribution in [-0.4, -0.2) is 5.78 Å². The number of benzene rings is 1. The number of ketones is 1. The van der Waals surface area contributed by atoms with E-state index in [1.54, 1.807) is 13.0 Å². The van der Waals surface area contributed by atoms with Gasteiger partial charge in [-0.15, -0.1) is 0 Å². The van der Waals surface area contributed by atoms with Crippen molar-refractivity contribution in [3.05, 3.63) is 29.3 Å². The summed E-state index contributed by atoms with van der Waals surface area (Å²) in [6.07, 6.45) is 0. The van der Waals surface area contributed by atoms with Crippen LogP contribution in [0.25, 0.3) is 0 Å². The molecule has 0 bridgehead atoms. The Morgan fingerprint density at radius 3 is 2.29 bits per heavy atom. The van der Waals surface area contributed by atoms with Crippen molar-refractivity contribution in [1.82, 2.24) is 0 Å². The van der Waals surface area contributed by atoms with Crippen molar-refractivity contribution in [2.75, 3.05) is 5.73 Å². The molecule has 0 amide bonds. The zero-order chi connectivity index (χ0) is 10.9. The minimum absolute atomic E-state index is 0.0191. The van der Waals surface area contributed by atoms with Crippen molar-refractivity contribution >= 4 is 11.5 Å². The summed E-state index contributed by atoms with van der Waals surface area (Å²) in [5, 5.41) is 0. The van der Waals surface area contributed by atoms with E-state index in [1.165, 1.54) is 0 Å². The number of hydrogen-bond acceptors (Lipinski definition) is 2. The van der Waals surface area contributed by atoms with Crippen molar-refractivity contribution in [3.63, 3.8) is 0 Å². The van der Waals surface area contributed by atoms with E-state index in [0.717, 1.165) is 11.1 Å². The van der Waals surface area contributed by atoms with Crippen molar-refractivity contribution in [1.29, 1.82) is 0 Å². The summed E-state index contributed by atoms with van der Waals surface area (Å²) in [5.74, 6) is 0.0715. The van der Waals surface area contributed by atoms with E-state index in [1.807, 2.05) is 12.1 Å². The zero-order valence-electron chi connectivity index (χ0n) is 9.22. The van der Waals surface area contributed by atoms with Gasteiger partial charge in [0.2, 0.25) is 0 Å². The van der Waals surface area contributed by atoms with Crippen molar-refractivity contribution in [3.8, 4) is 0 Å². The van der Waals surface area contributed by atoms with Gasteiger partial charge in [-0.25, -0.2) is 0 Å². The predicted molar refractivity (Wildman–Crippen MR) is 59.6 cm³/mol. The van der Waals surface area contributed by atoms with Gasteiger partial charge in [-0.2, -0.15) is 0 Å². The predicted octanol–water partition coefficient (Wildman–Crippen LogP) is 2.77. The van der Waals surface area contributed by atoms with Crippen LogP contribution in [0.2, 0.25) is 0 Å². The lowest BCUT2D eigenvalue weighted by atomic mass is 9.82. The maximum Gasteiger partial charge on any atom is 0.160 e. The maximum absolute atomic E-state index is 11.4. The first kappa shape index (κ1) is 10.8. The van der Waals surface area contributed by atoms with E-state index in [0.29, 0.717) is 5.69 Å². The fraction of sp³-hybridized carbons (Fsp3) is 0.417. The van der Waals surface area contributed by atoms with E-state index in [2.05, 4.69) is 20.8 Å². The Morgan fingerprint density at radius 1 is 1.29 bits per heavy atom. The molecular formula is C12H17NO. The molecule has 0 aliphatic rings. The minimum Gasteiger partial charge on any atom is -0.399 e. The first-order valence-corrected chi connectivity index (χ1v) is 4.73. The Balaban J connectivity index is 3.37. The molecule has 14 heavy (non-hydrogen) atoms. The van der Waals surface area contributed by atoms with Crippen molar-refractivity contribution in [2.45, 2.75) is 33.1 Å². The van der Waals surface area contributed by atoms with E-state index in [-0.39, 0.29) is 11.2 Å². The summed E-state index contributed by atoms with van der Waals surface area (Å²) in [4.78, 5) is 11.4. The van der Waals surface area contributed by atoms with Crippen LogP contribution >= 0.6 is 0 Å². The normalized spacial score (nSPS) is 11.4. The second-order valence-corrected chi connectivity index (χ2v) is 4.61. The Labute approximate surface area is 85.1 Å². The third kappa shape index (κ3) is 2.13. The van der Waals surface area contributed by atoms with E-state index in [9.17, 15) is 4.79 Å². The highest BCUT2D eigenvalue weighted by Gasteiger charge is 2.19.